The number of amides is 3. The van der Waals surface area contributed by atoms with E-state index in [1.165, 1.54) is 12.1 Å². The lowest BCUT2D eigenvalue weighted by Crippen LogP contribution is -2.59. The molecule has 0 radical (unpaired) electrons. The van der Waals surface area contributed by atoms with E-state index in [2.05, 4.69) is 10.6 Å². The molecule has 0 aliphatic carbocycles. The maximum Gasteiger partial charge on any atom is 0.326 e. The van der Waals surface area contributed by atoms with E-state index in [9.17, 15) is 39.3 Å². The molecule has 1 heterocycles. The lowest BCUT2D eigenvalue weighted by molar-refractivity contribution is -0.150. The number of phenolic OH excluding ortho intramolecular Hbond substituents is 1. The molecule has 3 amide bonds. The van der Waals surface area contributed by atoms with E-state index in [0.29, 0.717) is 18.4 Å². The molecule has 198 valence electrons. The smallest absolute Gasteiger partial charge is 0.326 e. The van der Waals surface area contributed by atoms with Gasteiger partial charge in [-0.25, -0.2) is 4.79 Å². The van der Waals surface area contributed by atoms with Gasteiger partial charge in [0.2, 0.25) is 17.7 Å². The summed E-state index contributed by atoms with van der Waals surface area (Å²) >= 11 is 0. The van der Waals surface area contributed by atoms with Crippen LogP contribution in [0.2, 0.25) is 0 Å². The van der Waals surface area contributed by atoms with Gasteiger partial charge in [0, 0.05) is 6.54 Å². The third-order valence-electron chi connectivity index (χ3n) is 6.34. The summed E-state index contributed by atoms with van der Waals surface area (Å²) in [5.41, 5.74) is 6.72. The van der Waals surface area contributed by atoms with E-state index in [1.807, 2.05) is 0 Å². The molecule has 1 fully saturated rings. The number of nitrogens with zero attached hydrogens (tertiary/aromatic N) is 1. The van der Waals surface area contributed by atoms with Crippen LogP contribution in [0.25, 0.3) is 0 Å². The fourth-order valence-electron chi connectivity index (χ4n) is 4.06. The van der Waals surface area contributed by atoms with Crippen molar-refractivity contribution in [2.45, 2.75) is 70.1 Å². The number of carboxylic acids is 2. The van der Waals surface area contributed by atoms with Gasteiger partial charge in [-0.05, 0) is 42.9 Å². The monoisotopic (exact) mass is 506 g/mol. The van der Waals surface area contributed by atoms with Gasteiger partial charge in [-0.1, -0.05) is 32.4 Å². The first-order valence-corrected chi connectivity index (χ1v) is 11.8. The molecule has 0 spiro atoms. The maximum absolute atomic E-state index is 13.1. The average molecular weight is 507 g/mol. The number of hydrogen-bond donors (Lipinski definition) is 6. The number of hydrogen-bond acceptors (Lipinski definition) is 7. The molecule has 1 aromatic rings. The predicted molar refractivity (Wildman–Crippen MR) is 128 cm³/mol. The number of carbonyl (C=O) groups excluding carboxylic acids is 3. The van der Waals surface area contributed by atoms with Crippen LogP contribution in [0.15, 0.2) is 24.3 Å². The maximum atomic E-state index is 13.1. The highest BCUT2D eigenvalue weighted by molar-refractivity contribution is 5.96. The van der Waals surface area contributed by atoms with Crippen molar-refractivity contribution in [3.63, 3.8) is 0 Å². The van der Waals surface area contributed by atoms with E-state index in [1.54, 1.807) is 26.0 Å². The van der Waals surface area contributed by atoms with E-state index in [-0.39, 0.29) is 31.1 Å². The normalized spacial score (nSPS) is 18.5. The Kier molecular flexibility index (Phi) is 10.2. The van der Waals surface area contributed by atoms with E-state index in [0.717, 1.165) is 4.90 Å². The molecule has 1 aliphatic heterocycles. The zero-order valence-electron chi connectivity index (χ0n) is 20.3. The number of aromatic hydroxyl groups is 1. The fourth-order valence-corrected chi connectivity index (χ4v) is 4.06. The van der Waals surface area contributed by atoms with Crippen LogP contribution in [-0.2, 0) is 30.4 Å². The van der Waals surface area contributed by atoms with Crippen LogP contribution in [-0.4, -0.2) is 80.6 Å². The van der Waals surface area contributed by atoms with E-state index >= 15 is 0 Å². The summed E-state index contributed by atoms with van der Waals surface area (Å²) in [5, 5.41) is 33.1. The Hall–Kier alpha value is -3.67. The van der Waals surface area contributed by atoms with Crippen LogP contribution < -0.4 is 16.4 Å². The summed E-state index contributed by atoms with van der Waals surface area (Å²) in [6, 6.07) is 1.46. The van der Waals surface area contributed by atoms with Gasteiger partial charge in [0.1, 0.15) is 23.9 Å². The van der Waals surface area contributed by atoms with Gasteiger partial charge < -0.3 is 36.6 Å². The van der Waals surface area contributed by atoms with Crippen LogP contribution in [0.5, 0.6) is 5.75 Å². The Morgan fingerprint density at radius 3 is 2.28 bits per heavy atom. The Morgan fingerprint density at radius 2 is 1.72 bits per heavy atom. The number of phenols is 1. The second-order valence-electron chi connectivity index (χ2n) is 9.04. The van der Waals surface area contributed by atoms with Crippen molar-refractivity contribution in [2.75, 3.05) is 6.54 Å². The number of nitrogens with one attached hydrogen (secondary N) is 2. The zero-order chi connectivity index (χ0) is 27.0. The highest BCUT2D eigenvalue weighted by Crippen LogP contribution is 2.20. The van der Waals surface area contributed by atoms with Crippen molar-refractivity contribution < 1.29 is 39.3 Å². The van der Waals surface area contributed by atoms with Crippen molar-refractivity contribution >= 4 is 29.7 Å². The first-order valence-electron chi connectivity index (χ1n) is 11.8. The van der Waals surface area contributed by atoms with Crippen molar-refractivity contribution in [1.82, 2.24) is 15.5 Å². The molecule has 7 N–H and O–H groups in total. The summed E-state index contributed by atoms with van der Waals surface area (Å²) in [4.78, 5) is 62.9. The number of nitrogens with two attached hydrogens (primary N) is 1. The Balaban J connectivity index is 2.15. The number of benzene rings is 1. The molecule has 12 nitrogen and oxygen atoms in total. The molecular weight excluding hydrogens is 472 g/mol. The van der Waals surface area contributed by atoms with E-state index in [4.69, 9.17) is 5.73 Å². The average Bonchev–Trinajstić information content (AvgIpc) is 3.32. The molecule has 36 heavy (non-hydrogen) atoms. The van der Waals surface area contributed by atoms with Crippen molar-refractivity contribution in [3.05, 3.63) is 29.8 Å². The van der Waals surface area contributed by atoms with Gasteiger partial charge in [0.05, 0.1) is 12.5 Å². The molecule has 1 aliphatic rings. The van der Waals surface area contributed by atoms with Gasteiger partial charge in [-0.2, -0.15) is 0 Å². The number of aliphatic carboxylic acids is 2. The van der Waals surface area contributed by atoms with Crippen molar-refractivity contribution in [2.24, 2.45) is 11.7 Å². The molecule has 0 saturated carbocycles. The Morgan fingerprint density at radius 1 is 1.08 bits per heavy atom. The third-order valence-corrected chi connectivity index (χ3v) is 6.34. The second kappa shape index (κ2) is 12.9. The predicted octanol–water partition coefficient (Wildman–Crippen LogP) is -0.172. The summed E-state index contributed by atoms with van der Waals surface area (Å²) in [6.45, 7) is 3.65. The molecule has 5 unspecified atom stereocenters. The minimum atomic E-state index is -1.50. The first-order chi connectivity index (χ1) is 16.9. The third kappa shape index (κ3) is 7.67. The van der Waals surface area contributed by atoms with E-state index < -0.39 is 60.2 Å². The summed E-state index contributed by atoms with van der Waals surface area (Å²) < 4.78 is 0. The van der Waals surface area contributed by atoms with Crippen LogP contribution in [0.1, 0.15) is 45.1 Å². The topological polar surface area (TPSA) is 199 Å². The standard InChI is InChI=1S/C24H34N4O8/c1-3-13(2)20(27-21(32)16(25)11-14-6-8-15(29)9-7-14)22(33)26-17(12-19(30)31)23(34)28-10-4-5-18(28)24(35)36/h6-9,13,16-18,20,29H,3-5,10-12,25H2,1-2H3,(H,26,33)(H,27,32)(H,30,31)(H,35,36). The molecule has 5 atom stereocenters. The number of carbonyl (C=O) groups is 5. The Labute approximate surface area is 208 Å². The zero-order valence-corrected chi connectivity index (χ0v) is 20.3. The van der Waals surface area contributed by atoms with Gasteiger partial charge >= 0.3 is 11.9 Å². The quantitative estimate of drug-likeness (QED) is 0.223. The molecular formula is C24H34N4O8. The summed E-state index contributed by atoms with van der Waals surface area (Å²) in [7, 11) is 0. The van der Waals surface area contributed by atoms with Gasteiger partial charge in [0.25, 0.3) is 0 Å². The first kappa shape index (κ1) is 28.6. The van der Waals surface area contributed by atoms with Crippen LogP contribution in [0.3, 0.4) is 0 Å². The van der Waals surface area contributed by atoms with Gasteiger partial charge in [-0.15, -0.1) is 0 Å². The van der Waals surface area contributed by atoms with Crippen molar-refractivity contribution in [1.29, 1.82) is 0 Å². The second-order valence-corrected chi connectivity index (χ2v) is 9.04. The highest BCUT2D eigenvalue weighted by Gasteiger charge is 2.39. The summed E-state index contributed by atoms with van der Waals surface area (Å²) in [5.74, 6) is -5.04. The van der Waals surface area contributed by atoms with Gasteiger partial charge in [0.15, 0.2) is 0 Å². The van der Waals surface area contributed by atoms with Crippen LogP contribution in [0, 0.1) is 5.92 Å². The lowest BCUT2D eigenvalue weighted by Gasteiger charge is -2.30. The minimum Gasteiger partial charge on any atom is -0.508 e. The molecule has 0 aromatic heterocycles. The number of rotatable bonds is 12. The van der Waals surface area contributed by atoms with Crippen LogP contribution >= 0.6 is 0 Å². The molecule has 12 heteroatoms. The molecule has 2 rings (SSSR count). The molecule has 1 saturated heterocycles. The fraction of sp³-hybridized carbons (Fsp3) is 0.542. The largest absolute Gasteiger partial charge is 0.508 e. The minimum absolute atomic E-state index is 0.0688. The molecule has 1 aromatic carbocycles. The summed E-state index contributed by atoms with van der Waals surface area (Å²) in [6.07, 6.45) is 0.568. The SMILES string of the molecule is CCC(C)C(NC(=O)C(N)Cc1ccc(O)cc1)C(=O)NC(CC(=O)O)C(=O)N1CCCC1C(=O)O. The Bertz CT molecular complexity index is 967. The highest BCUT2D eigenvalue weighted by atomic mass is 16.4. The molecule has 0 bridgehead atoms. The number of likely N-dealkylation sites (tertiary alicyclic amines) is 1. The number of carboxylic acid groups (broad SMARTS) is 2. The lowest BCUT2D eigenvalue weighted by atomic mass is 9.96. The van der Waals surface area contributed by atoms with Gasteiger partial charge in [-0.3, -0.25) is 19.2 Å². The van der Waals surface area contributed by atoms with Crippen LogP contribution in [0.4, 0.5) is 0 Å². The van der Waals surface area contributed by atoms with Crippen molar-refractivity contribution in [3.8, 4) is 5.75 Å².